The van der Waals surface area contributed by atoms with Crippen LogP contribution in [0, 0.1) is 0 Å². The van der Waals surface area contributed by atoms with Crippen LogP contribution < -0.4 is 10.1 Å². The summed E-state index contributed by atoms with van der Waals surface area (Å²) in [6.07, 6.45) is 0.959. The van der Waals surface area contributed by atoms with Gasteiger partial charge in [0, 0.05) is 30.8 Å². The lowest BCUT2D eigenvalue weighted by atomic mass is 9.87. The van der Waals surface area contributed by atoms with E-state index in [1.807, 2.05) is 12.1 Å². The molecule has 0 bridgehead atoms. The van der Waals surface area contributed by atoms with Crippen LogP contribution in [-0.4, -0.2) is 49.6 Å². The van der Waals surface area contributed by atoms with Gasteiger partial charge in [0.15, 0.2) is 0 Å². The van der Waals surface area contributed by atoms with Gasteiger partial charge in [0.05, 0.1) is 19.8 Å². The summed E-state index contributed by atoms with van der Waals surface area (Å²) in [5, 5.41) is 2.87. The highest BCUT2D eigenvalue weighted by Crippen LogP contribution is 2.24. The zero-order chi connectivity index (χ0) is 22.3. The third-order valence-electron chi connectivity index (χ3n) is 5.23. The molecule has 0 spiro atoms. The van der Waals surface area contributed by atoms with Gasteiger partial charge in [0.1, 0.15) is 5.75 Å². The van der Waals surface area contributed by atoms with Crippen molar-refractivity contribution in [3.8, 4) is 5.75 Å². The highest BCUT2D eigenvalue weighted by atomic mass is 16.5. The third kappa shape index (κ3) is 6.82. The van der Waals surface area contributed by atoms with Crippen LogP contribution in [0.25, 0.3) is 0 Å². The number of ether oxygens (including phenoxy) is 2. The first-order valence-electron chi connectivity index (χ1n) is 10.8. The number of carbonyl (C=O) groups is 2. The van der Waals surface area contributed by atoms with E-state index in [-0.39, 0.29) is 17.2 Å². The first-order chi connectivity index (χ1) is 14.8. The van der Waals surface area contributed by atoms with Crippen molar-refractivity contribution < 1.29 is 19.1 Å². The molecule has 31 heavy (non-hydrogen) atoms. The summed E-state index contributed by atoms with van der Waals surface area (Å²) in [6, 6.07) is 15.2. The summed E-state index contributed by atoms with van der Waals surface area (Å²) in [4.78, 5) is 26.7. The molecule has 6 heteroatoms. The van der Waals surface area contributed by atoms with Gasteiger partial charge >= 0.3 is 0 Å². The number of anilines is 1. The molecule has 0 atom stereocenters. The van der Waals surface area contributed by atoms with Crippen molar-refractivity contribution in [2.75, 3.05) is 38.2 Å². The first kappa shape index (κ1) is 22.8. The second-order valence-corrected chi connectivity index (χ2v) is 8.76. The molecule has 1 aliphatic rings. The van der Waals surface area contributed by atoms with Gasteiger partial charge in [0.2, 0.25) is 5.91 Å². The molecular weight excluding hydrogens is 392 g/mol. The molecule has 0 aliphatic carbocycles. The standard InChI is InChI=1S/C25H32N2O4/c1-25(2,3)20-9-11-22(12-10-20)31-15-5-8-23(28)26-21-7-4-6-19(18-21)24(29)27-13-16-30-17-14-27/h4,6-7,9-12,18H,5,8,13-17H2,1-3H3,(H,26,28). The molecule has 1 N–H and O–H groups in total. The van der Waals surface area contributed by atoms with Gasteiger partial charge in [-0.05, 0) is 47.7 Å². The second kappa shape index (κ2) is 10.4. The zero-order valence-corrected chi connectivity index (χ0v) is 18.6. The lowest BCUT2D eigenvalue weighted by molar-refractivity contribution is -0.116. The molecule has 6 nitrogen and oxygen atoms in total. The molecule has 2 aromatic carbocycles. The molecule has 0 aromatic heterocycles. The van der Waals surface area contributed by atoms with Crippen LogP contribution in [0.2, 0.25) is 0 Å². The number of rotatable bonds is 7. The average molecular weight is 425 g/mol. The Morgan fingerprint density at radius 2 is 1.77 bits per heavy atom. The van der Waals surface area contributed by atoms with Gasteiger partial charge in [-0.25, -0.2) is 0 Å². The van der Waals surface area contributed by atoms with E-state index in [1.54, 1.807) is 29.2 Å². The maximum atomic E-state index is 12.6. The van der Waals surface area contributed by atoms with Crippen LogP contribution in [0.1, 0.15) is 49.5 Å². The Bertz CT molecular complexity index is 881. The summed E-state index contributed by atoms with van der Waals surface area (Å²) in [6.45, 7) is 9.30. The van der Waals surface area contributed by atoms with Gasteiger partial charge in [-0.2, -0.15) is 0 Å². The number of benzene rings is 2. The molecule has 1 fully saturated rings. The smallest absolute Gasteiger partial charge is 0.254 e. The minimum atomic E-state index is -0.0948. The Labute approximate surface area is 184 Å². The van der Waals surface area contributed by atoms with E-state index in [2.05, 4.69) is 38.2 Å². The Hall–Kier alpha value is -2.86. The van der Waals surface area contributed by atoms with E-state index in [1.165, 1.54) is 5.56 Å². The molecule has 2 aromatic rings. The van der Waals surface area contributed by atoms with Crippen LogP contribution in [0.3, 0.4) is 0 Å². The summed E-state index contributed by atoms with van der Waals surface area (Å²) in [7, 11) is 0. The van der Waals surface area contributed by atoms with Crippen molar-refractivity contribution in [3.63, 3.8) is 0 Å². The molecule has 1 aliphatic heterocycles. The van der Waals surface area contributed by atoms with Gasteiger partial charge in [-0.1, -0.05) is 39.0 Å². The van der Waals surface area contributed by atoms with E-state index in [9.17, 15) is 9.59 Å². The predicted molar refractivity (Wildman–Crippen MR) is 122 cm³/mol. The van der Waals surface area contributed by atoms with Crippen molar-refractivity contribution in [3.05, 3.63) is 59.7 Å². The Morgan fingerprint density at radius 3 is 2.45 bits per heavy atom. The van der Waals surface area contributed by atoms with Crippen LogP contribution >= 0.6 is 0 Å². The first-order valence-corrected chi connectivity index (χ1v) is 10.8. The Balaban J connectivity index is 1.43. The highest BCUT2D eigenvalue weighted by molar-refractivity contribution is 5.97. The second-order valence-electron chi connectivity index (χ2n) is 8.76. The largest absolute Gasteiger partial charge is 0.494 e. The van der Waals surface area contributed by atoms with Crippen LogP contribution in [0.15, 0.2) is 48.5 Å². The average Bonchev–Trinajstić information content (AvgIpc) is 2.77. The molecule has 0 saturated carbocycles. The van der Waals surface area contributed by atoms with Crippen LogP contribution in [0.4, 0.5) is 5.69 Å². The molecule has 0 unspecified atom stereocenters. The van der Waals surface area contributed by atoms with Crippen LogP contribution in [-0.2, 0) is 14.9 Å². The number of hydrogen-bond donors (Lipinski definition) is 1. The fourth-order valence-corrected chi connectivity index (χ4v) is 3.38. The van der Waals surface area contributed by atoms with E-state index in [0.29, 0.717) is 57.0 Å². The van der Waals surface area contributed by atoms with Crippen molar-refractivity contribution in [2.24, 2.45) is 0 Å². The number of hydrogen-bond acceptors (Lipinski definition) is 4. The van der Waals surface area contributed by atoms with Crippen molar-refractivity contribution in [1.29, 1.82) is 0 Å². The monoisotopic (exact) mass is 424 g/mol. The van der Waals surface area contributed by atoms with Gasteiger partial charge in [-0.15, -0.1) is 0 Å². The quantitative estimate of drug-likeness (QED) is 0.675. The maximum Gasteiger partial charge on any atom is 0.254 e. The summed E-state index contributed by atoms with van der Waals surface area (Å²) in [5.74, 6) is 0.677. The molecule has 1 saturated heterocycles. The van der Waals surface area contributed by atoms with E-state index >= 15 is 0 Å². The van der Waals surface area contributed by atoms with Crippen molar-refractivity contribution >= 4 is 17.5 Å². The highest BCUT2D eigenvalue weighted by Gasteiger charge is 2.19. The fourth-order valence-electron chi connectivity index (χ4n) is 3.38. The summed E-state index contributed by atoms with van der Waals surface area (Å²) < 4.78 is 11.0. The van der Waals surface area contributed by atoms with E-state index in [4.69, 9.17) is 9.47 Å². The molecule has 1 heterocycles. The van der Waals surface area contributed by atoms with Crippen LogP contribution in [0.5, 0.6) is 5.75 Å². The molecule has 0 radical (unpaired) electrons. The van der Waals surface area contributed by atoms with Gasteiger partial charge < -0.3 is 19.7 Å². The van der Waals surface area contributed by atoms with Gasteiger partial charge in [0.25, 0.3) is 5.91 Å². The zero-order valence-electron chi connectivity index (χ0n) is 18.6. The normalized spacial score (nSPS) is 14.2. The Kier molecular flexibility index (Phi) is 7.69. The third-order valence-corrected chi connectivity index (χ3v) is 5.23. The summed E-state index contributed by atoms with van der Waals surface area (Å²) in [5.41, 5.74) is 2.57. The Morgan fingerprint density at radius 1 is 1.06 bits per heavy atom. The minimum absolute atomic E-state index is 0.0368. The SMILES string of the molecule is CC(C)(C)c1ccc(OCCCC(=O)Nc2cccc(C(=O)N3CCOCC3)c2)cc1. The predicted octanol–water partition coefficient (Wildman–Crippen LogP) is 4.25. The maximum absolute atomic E-state index is 12.6. The van der Waals surface area contributed by atoms with Gasteiger partial charge in [-0.3, -0.25) is 9.59 Å². The lowest BCUT2D eigenvalue weighted by Crippen LogP contribution is -2.40. The fraction of sp³-hybridized carbons (Fsp3) is 0.440. The number of morpholine rings is 1. The lowest BCUT2D eigenvalue weighted by Gasteiger charge is -2.27. The number of nitrogens with zero attached hydrogens (tertiary/aromatic N) is 1. The van der Waals surface area contributed by atoms with Crippen molar-refractivity contribution in [1.82, 2.24) is 4.90 Å². The molecular formula is C25H32N2O4. The van der Waals surface area contributed by atoms with E-state index < -0.39 is 0 Å². The number of amides is 2. The van der Waals surface area contributed by atoms with Crippen molar-refractivity contribution in [2.45, 2.75) is 39.0 Å². The summed E-state index contributed by atoms with van der Waals surface area (Å²) >= 11 is 0. The number of carbonyl (C=O) groups excluding carboxylic acids is 2. The molecule has 2 amide bonds. The molecule has 3 rings (SSSR count). The minimum Gasteiger partial charge on any atom is -0.494 e. The number of nitrogens with one attached hydrogen (secondary N) is 1. The topological polar surface area (TPSA) is 67.9 Å². The van der Waals surface area contributed by atoms with E-state index in [0.717, 1.165) is 5.75 Å². The molecule has 166 valence electrons.